The van der Waals surface area contributed by atoms with E-state index in [-0.39, 0.29) is 0 Å². The van der Waals surface area contributed by atoms with E-state index in [2.05, 4.69) is 25.6 Å². The molecule has 37 heavy (non-hydrogen) atoms. The lowest BCUT2D eigenvalue weighted by atomic mass is 10.1. The molecule has 0 amide bonds. The van der Waals surface area contributed by atoms with Gasteiger partial charge in [-0.25, -0.2) is 24.3 Å². The summed E-state index contributed by atoms with van der Waals surface area (Å²) in [6, 6.07) is 13.0. The van der Waals surface area contributed by atoms with Crippen LogP contribution in [0.1, 0.15) is 18.4 Å². The van der Waals surface area contributed by atoms with Gasteiger partial charge in [0.15, 0.2) is 11.6 Å². The zero-order chi connectivity index (χ0) is 25.4. The van der Waals surface area contributed by atoms with Gasteiger partial charge in [-0.05, 0) is 69.3 Å². The van der Waals surface area contributed by atoms with Crippen LogP contribution in [-0.4, -0.2) is 42.8 Å². The molecule has 3 aromatic heterocycles. The van der Waals surface area contributed by atoms with Crippen LogP contribution in [0, 0.1) is 12.7 Å². The third-order valence-electron chi connectivity index (χ3n) is 6.54. The number of fused-ring (bicyclic) bond motifs is 2. The van der Waals surface area contributed by atoms with Gasteiger partial charge in [-0.3, -0.25) is 0 Å². The number of nitrogens with one attached hydrogen (secondary N) is 2. The van der Waals surface area contributed by atoms with Crippen LogP contribution in [0.3, 0.4) is 0 Å². The summed E-state index contributed by atoms with van der Waals surface area (Å²) in [6.07, 6.45) is 5.42. The van der Waals surface area contributed by atoms with Gasteiger partial charge in [0.1, 0.15) is 23.3 Å². The summed E-state index contributed by atoms with van der Waals surface area (Å²) in [7, 11) is 1.94. The maximum atomic E-state index is 15.5. The van der Waals surface area contributed by atoms with Gasteiger partial charge in [-0.1, -0.05) is 0 Å². The van der Waals surface area contributed by atoms with Crippen LogP contribution in [-0.2, 0) is 7.05 Å². The molecule has 1 fully saturated rings. The number of hydrogen-bond acceptors (Lipinski definition) is 8. The normalized spacial score (nSPS) is 14.4. The van der Waals surface area contributed by atoms with E-state index < -0.39 is 5.82 Å². The average molecular weight is 516 g/mol. The molecule has 0 aliphatic carbocycles. The number of benzene rings is 2. The lowest BCUT2D eigenvalue weighted by Crippen LogP contribution is -2.29. The molecule has 1 saturated heterocycles. The summed E-state index contributed by atoms with van der Waals surface area (Å²) in [5, 5.41) is 7.96. The largest absolute Gasteiger partial charge is 0.457 e. The minimum Gasteiger partial charge on any atom is -0.457 e. The predicted octanol–water partition coefficient (Wildman–Crippen LogP) is 5.74. The highest BCUT2D eigenvalue weighted by molar-refractivity contribution is 7.99. The van der Waals surface area contributed by atoms with Gasteiger partial charge in [-0.15, -0.1) is 11.8 Å². The van der Waals surface area contributed by atoms with E-state index in [1.54, 1.807) is 37.1 Å². The standard InChI is InChI=1S/C27H26FN7OS/c1-16-23(36-17-3-6-22-21(13-17)32-15-35(22)2)7-4-19(25(16)28)33-27-26-20(30-14-31-27)5-8-24(34-26)37-18-9-11-29-12-10-18/h3-8,13-15,18,29H,9-12H2,1-2H3,(H,30,31,33). The Morgan fingerprint density at radius 1 is 1.05 bits per heavy atom. The molecule has 0 spiro atoms. The molecule has 10 heteroatoms. The van der Waals surface area contributed by atoms with Crippen molar-refractivity contribution in [3.05, 3.63) is 66.5 Å². The van der Waals surface area contributed by atoms with Crippen molar-refractivity contribution < 1.29 is 9.13 Å². The number of halogens is 1. The van der Waals surface area contributed by atoms with Gasteiger partial charge in [0.2, 0.25) is 0 Å². The maximum absolute atomic E-state index is 15.5. The fourth-order valence-electron chi connectivity index (χ4n) is 4.47. The first kappa shape index (κ1) is 23.6. The van der Waals surface area contributed by atoms with Crippen molar-refractivity contribution in [3.63, 3.8) is 0 Å². The molecule has 6 rings (SSSR count). The quantitative estimate of drug-likeness (QED) is 0.296. The number of piperidine rings is 1. The zero-order valence-electron chi connectivity index (χ0n) is 20.5. The number of hydrogen-bond donors (Lipinski definition) is 2. The molecule has 0 bridgehead atoms. The van der Waals surface area contributed by atoms with Gasteiger partial charge < -0.3 is 19.9 Å². The first-order chi connectivity index (χ1) is 18.0. The van der Waals surface area contributed by atoms with Crippen LogP contribution in [0.5, 0.6) is 11.5 Å². The molecule has 0 unspecified atom stereocenters. The van der Waals surface area contributed by atoms with Crippen molar-refractivity contribution in [1.82, 2.24) is 29.8 Å². The smallest absolute Gasteiger partial charge is 0.160 e. The fraction of sp³-hybridized carbons (Fsp3) is 0.259. The van der Waals surface area contributed by atoms with Crippen LogP contribution in [0.25, 0.3) is 22.1 Å². The lowest BCUT2D eigenvalue weighted by molar-refractivity contribution is 0.472. The number of rotatable bonds is 6. The van der Waals surface area contributed by atoms with Gasteiger partial charge in [0, 0.05) is 23.9 Å². The zero-order valence-corrected chi connectivity index (χ0v) is 21.3. The molecular weight excluding hydrogens is 489 g/mol. The molecular formula is C27H26FN7OS. The molecule has 2 aromatic carbocycles. The number of imidazole rings is 1. The number of thioether (sulfide) groups is 1. The first-order valence-corrected chi connectivity index (χ1v) is 13.1. The third-order valence-corrected chi connectivity index (χ3v) is 7.82. The highest BCUT2D eigenvalue weighted by Crippen LogP contribution is 2.34. The van der Waals surface area contributed by atoms with Crippen molar-refractivity contribution in [3.8, 4) is 11.5 Å². The second-order valence-electron chi connectivity index (χ2n) is 9.09. The van der Waals surface area contributed by atoms with E-state index in [1.807, 2.05) is 41.9 Å². The highest BCUT2D eigenvalue weighted by atomic mass is 32.2. The van der Waals surface area contributed by atoms with Gasteiger partial charge in [-0.2, -0.15) is 0 Å². The van der Waals surface area contributed by atoms with E-state index in [9.17, 15) is 0 Å². The Kier molecular flexibility index (Phi) is 6.35. The SMILES string of the molecule is Cc1c(Oc2ccc3c(c2)ncn3C)ccc(Nc2ncnc3ccc(SC4CCNCC4)nc23)c1F. The number of aryl methyl sites for hydroxylation is 1. The second-order valence-corrected chi connectivity index (χ2v) is 10.4. The van der Waals surface area contributed by atoms with Crippen molar-refractivity contribution in [2.75, 3.05) is 18.4 Å². The van der Waals surface area contributed by atoms with Crippen LogP contribution >= 0.6 is 11.8 Å². The van der Waals surface area contributed by atoms with E-state index in [0.717, 1.165) is 42.0 Å². The predicted molar refractivity (Wildman–Crippen MR) is 144 cm³/mol. The van der Waals surface area contributed by atoms with E-state index in [0.29, 0.717) is 44.9 Å². The molecule has 1 aliphatic heterocycles. The molecule has 4 heterocycles. The summed E-state index contributed by atoms with van der Waals surface area (Å²) in [6.45, 7) is 3.74. The van der Waals surface area contributed by atoms with Gasteiger partial charge >= 0.3 is 0 Å². The van der Waals surface area contributed by atoms with Gasteiger partial charge in [0.25, 0.3) is 0 Å². The molecule has 0 saturated carbocycles. The fourth-order valence-corrected chi connectivity index (χ4v) is 5.58. The second kappa shape index (κ2) is 9.95. The van der Waals surface area contributed by atoms with Crippen molar-refractivity contribution in [2.45, 2.75) is 30.0 Å². The highest BCUT2D eigenvalue weighted by Gasteiger charge is 2.17. The van der Waals surface area contributed by atoms with Gasteiger partial charge in [0.05, 0.1) is 33.6 Å². The molecule has 0 radical (unpaired) electrons. The minimum absolute atomic E-state index is 0.295. The Bertz CT molecular complexity index is 1600. The van der Waals surface area contributed by atoms with Crippen LogP contribution in [0.2, 0.25) is 0 Å². The number of pyridine rings is 1. The Labute approximate surface area is 217 Å². The van der Waals surface area contributed by atoms with Crippen molar-refractivity contribution in [2.24, 2.45) is 7.05 Å². The first-order valence-electron chi connectivity index (χ1n) is 12.2. The van der Waals surface area contributed by atoms with Crippen molar-refractivity contribution >= 4 is 45.3 Å². The Morgan fingerprint density at radius 2 is 1.92 bits per heavy atom. The van der Waals surface area contributed by atoms with E-state index in [1.165, 1.54) is 6.33 Å². The Balaban J connectivity index is 1.25. The van der Waals surface area contributed by atoms with Crippen LogP contribution in [0.4, 0.5) is 15.9 Å². The molecule has 1 aliphatic rings. The van der Waals surface area contributed by atoms with Crippen LogP contribution < -0.4 is 15.4 Å². The number of anilines is 2. The third kappa shape index (κ3) is 4.82. The minimum atomic E-state index is -0.414. The summed E-state index contributed by atoms with van der Waals surface area (Å²) in [4.78, 5) is 17.9. The van der Waals surface area contributed by atoms with E-state index >= 15 is 4.39 Å². The molecule has 8 nitrogen and oxygen atoms in total. The monoisotopic (exact) mass is 515 g/mol. The summed E-state index contributed by atoms with van der Waals surface area (Å²) < 4.78 is 23.4. The number of nitrogens with zero attached hydrogens (tertiary/aromatic N) is 5. The number of aromatic nitrogens is 5. The average Bonchev–Trinajstić information content (AvgIpc) is 3.29. The number of ether oxygens (including phenoxy) is 1. The maximum Gasteiger partial charge on any atom is 0.160 e. The topological polar surface area (TPSA) is 89.8 Å². The summed E-state index contributed by atoms with van der Waals surface area (Å²) in [5.41, 5.74) is 3.81. The Hall–Kier alpha value is -3.76. The molecule has 5 aromatic rings. The molecule has 0 atom stereocenters. The molecule has 2 N–H and O–H groups in total. The van der Waals surface area contributed by atoms with Crippen LogP contribution in [0.15, 0.2) is 60.1 Å². The van der Waals surface area contributed by atoms with E-state index in [4.69, 9.17) is 9.72 Å². The Morgan fingerprint density at radius 3 is 2.78 bits per heavy atom. The summed E-state index contributed by atoms with van der Waals surface area (Å²) >= 11 is 1.77. The summed E-state index contributed by atoms with van der Waals surface area (Å²) in [5.74, 6) is 1.08. The lowest BCUT2D eigenvalue weighted by Gasteiger charge is -2.21. The molecule has 188 valence electrons. The van der Waals surface area contributed by atoms with Crippen molar-refractivity contribution in [1.29, 1.82) is 0 Å².